The van der Waals surface area contributed by atoms with Gasteiger partial charge in [-0.05, 0) is 50.2 Å². The van der Waals surface area contributed by atoms with Crippen molar-refractivity contribution < 1.29 is 19.0 Å². The molecule has 1 heterocycles. The minimum atomic E-state index is -0.709. The zero-order valence-corrected chi connectivity index (χ0v) is 15.6. The van der Waals surface area contributed by atoms with Gasteiger partial charge in [-0.15, -0.1) is 0 Å². The number of para-hydroxylation sites is 2. The molecule has 0 aliphatic rings. The first-order valence-electron chi connectivity index (χ1n) is 8.75. The van der Waals surface area contributed by atoms with E-state index < -0.39 is 6.10 Å². The highest BCUT2D eigenvalue weighted by molar-refractivity contribution is 6.04. The minimum Gasteiger partial charge on any atom is -0.493 e. The average Bonchev–Trinajstić information content (AvgIpc) is 2.70. The van der Waals surface area contributed by atoms with Gasteiger partial charge in [0.25, 0.3) is 5.91 Å². The van der Waals surface area contributed by atoms with Crippen molar-refractivity contribution in [2.75, 3.05) is 19.0 Å². The molecular weight excluding hydrogens is 344 g/mol. The van der Waals surface area contributed by atoms with Gasteiger partial charge in [-0.1, -0.05) is 12.1 Å². The lowest BCUT2D eigenvalue weighted by Gasteiger charge is -2.17. The second-order valence-corrected chi connectivity index (χ2v) is 5.84. The van der Waals surface area contributed by atoms with Crippen molar-refractivity contribution in [3.63, 3.8) is 0 Å². The topological polar surface area (TPSA) is 69.7 Å². The standard InChI is InChI=1S/C21H22N2O4/c1-4-26-19-12-11-16(15-8-7-13-22-20(15)19)23-21(24)14(2)27-18-10-6-5-9-17(18)25-3/h5-14H,4H2,1-3H3,(H,23,24)/t14-/m0/s1. The lowest BCUT2D eigenvalue weighted by molar-refractivity contribution is -0.122. The summed E-state index contributed by atoms with van der Waals surface area (Å²) in [7, 11) is 1.56. The van der Waals surface area contributed by atoms with E-state index in [0.29, 0.717) is 35.1 Å². The summed E-state index contributed by atoms with van der Waals surface area (Å²) >= 11 is 0. The first-order valence-corrected chi connectivity index (χ1v) is 8.75. The van der Waals surface area contributed by atoms with E-state index in [2.05, 4.69) is 10.3 Å². The van der Waals surface area contributed by atoms with E-state index in [-0.39, 0.29) is 5.91 Å². The summed E-state index contributed by atoms with van der Waals surface area (Å²) in [5.74, 6) is 1.51. The molecule has 2 aromatic carbocycles. The number of aromatic nitrogens is 1. The zero-order valence-electron chi connectivity index (χ0n) is 15.6. The Hall–Kier alpha value is -3.28. The third-order valence-electron chi connectivity index (χ3n) is 4.03. The number of hydrogen-bond donors (Lipinski definition) is 1. The molecule has 0 saturated heterocycles. The van der Waals surface area contributed by atoms with Crippen LogP contribution in [0.4, 0.5) is 5.69 Å². The number of hydrogen-bond acceptors (Lipinski definition) is 5. The number of pyridine rings is 1. The fourth-order valence-corrected chi connectivity index (χ4v) is 2.72. The predicted molar refractivity (Wildman–Crippen MR) is 105 cm³/mol. The van der Waals surface area contributed by atoms with Crippen LogP contribution in [0.2, 0.25) is 0 Å². The highest BCUT2D eigenvalue weighted by Gasteiger charge is 2.18. The van der Waals surface area contributed by atoms with Crippen molar-refractivity contribution in [3.8, 4) is 17.2 Å². The molecule has 27 heavy (non-hydrogen) atoms. The molecule has 0 spiro atoms. The molecule has 1 atom stereocenters. The van der Waals surface area contributed by atoms with Gasteiger partial charge in [0.1, 0.15) is 11.3 Å². The van der Waals surface area contributed by atoms with Crippen molar-refractivity contribution >= 4 is 22.5 Å². The van der Waals surface area contributed by atoms with Gasteiger partial charge in [0.2, 0.25) is 0 Å². The van der Waals surface area contributed by atoms with Crippen LogP contribution in [-0.4, -0.2) is 30.7 Å². The molecule has 1 amide bonds. The van der Waals surface area contributed by atoms with Crippen LogP contribution >= 0.6 is 0 Å². The van der Waals surface area contributed by atoms with Gasteiger partial charge >= 0.3 is 0 Å². The normalized spacial score (nSPS) is 11.7. The van der Waals surface area contributed by atoms with E-state index in [1.165, 1.54) is 0 Å². The third kappa shape index (κ3) is 4.11. The second kappa shape index (κ2) is 8.40. The number of carbonyl (C=O) groups is 1. The summed E-state index contributed by atoms with van der Waals surface area (Å²) in [6.07, 6.45) is 0.990. The SMILES string of the molecule is CCOc1ccc(NC(=O)[C@H](C)Oc2ccccc2OC)c2cccnc12. The van der Waals surface area contributed by atoms with E-state index in [9.17, 15) is 4.79 Å². The maximum atomic E-state index is 12.6. The Kier molecular flexibility index (Phi) is 5.76. The molecule has 0 radical (unpaired) electrons. The van der Waals surface area contributed by atoms with Crippen molar-refractivity contribution in [1.82, 2.24) is 4.98 Å². The first kappa shape index (κ1) is 18.5. The van der Waals surface area contributed by atoms with Gasteiger partial charge in [-0.2, -0.15) is 0 Å². The molecule has 0 fully saturated rings. The number of anilines is 1. The van der Waals surface area contributed by atoms with Crippen LogP contribution in [0, 0.1) is 0 Å². The van der Waals surface area contributed by atoms with Gasteiger partial charge < -0.3 is 19.5 Å². The molecule has 0 saturated carbocycles. The Morgan fingerprint density at radius 1 is 1.07 bits per heavy atom. The summed E-state index contributed by atoms with van der Waals surface area (Å²) < 4.78 is 16.6. The maximum absolute atomic E-state index is 12.6. The molecular formula is C21H22N2O4. The summed E-state index contributed by atoms with van der Waals surface area (Å²) in [6.45, 7) is 4.15. The highest BCUT2D eigenvalue weighted by Crippen LogP contribution is 2.31. The number of fused-ring (bicyclic) bond motifs is 1. The van der Waals surface area contributed by atoms with E-state index in [4.69, 9.17) is 14.2 Å². The summed E-state index contributed by atoms with van der Waals surface area (Å²) in [6, 6.07) is 14.5. The van der Waals surface area contributed by atoms with Crippen LogP contribution in [0.1, 0.15) is 13.8 Å². The number of carbonyl (C=O) groups excluding carboxylic acids is 1. The number of ether oxygens (including phenoxy) is 3. The van der Waals surface area contributed by atoms with E-state index in [0.717, 1.165) is 5.39 Å². The Morgan fingerprint density at radius 3 is 2.59 bits per heavy atom. The van der Waals surface area contributed by atoms with Crippen LogP contribution < -0.4 is 19.5 Å². The molecule has 1 N–H and O–H groups in total. The molecule has 6 nitrogen and oxygen atoms in total. The smallest absolute Gasteiger partial charge is 0.265 e. The quantitative estimate of drug-likeness (QED) is 0.683. The Bertz CT molecular complexity index is 942. The van der Waals surface area contributed by atoms with Gasteiger partial charge in [0.15, 0.2) is 17.6 Å². The second-order valence-electron chi connectivity index (χ2n) is 5.84. The summed E-state index contributed by atoms with van der Waals surface area (Å²) in [4.78, 5) is 17.0. The van der Waals surface area contributed by atoms with Gasteiger partial charge in [-0.3, -0.25) is 9.78 Å². The lowest BCUT2D eigenvalue weighted by Crippen LogP contribution is -2.30. The largest absolute Gasteiger partial charge is 0.493 e. The number of rotatable bonds is 7. The van der Waals surface area contributed by atoms with Crippen LogP contribution in [0.25, 0.3) is 10.9 Å². The van der Waals surface area contributed by atoms with Crippen molar-refractivity contribution in [3.05, 3.63) is 54.7 Å². The van der Waals surface area contributed by atoms with E-state index in [1.807, 2.05) is 37.3 Å². The summed E-state index contributed by atoms with van der Waals surface area (Å²) in [5, 5.41) is 3.72. The van der Waals surface area contributed by atoms with Gasteiger partial charge in [-0.25, -0.2) is 0 Å². The van der Waals surface area contributed by atoms with Gasteiger partial charge in [0, 0.05) is 11.6 Å². The lowest BCUT2D eigenvalue weighted by atomic mass is 10.1. The molecule has 1 aromatic heterocycles. The fourth-order valence-electron chi connectivity index (χ4n) is 2.72. The van der Waals surface area contributed by atoms with Gasteiger partial charge in [0.05, 0.1) is 19.4 Å². The van der Waals surface area contributed by atoms with Crippen LogP contribution in [-0.2, 0) is 4.79 Å². The van der Waals surface area contributed by atoms with Crippen LogP contribution in [0.15, 0.2) is 54.7 Å². The van der Waals surface area contributed by atoms with Crippen molar-refractivity contribution in [2.45, 2.75) is 20.0 Å². The summed E-state index contributed by atoms with van der Waals surface area (Å²) in [5.41, 5.74) is 1.36. The van der Waals surface area contributed by atoms with E-state index >= 15 is 0 Å². The highest BCUT2D eigenvalue weighted by atomic mass is 16.5. The predicted octanol–water partition coefficient (Wildman–Crippen LogP) is 4.05. The molecule has 140 valence electrons. The molecule has 0 bridgehead atoms. The Balaban J connectivity index is 1.80. The number of benzene rings is 2. The molecule has 0 unspecified atom stereocenters. The Morgan fingerprint density at radius 2 is 1.85 bits per heavy atom. The molecule has 0 aliphatic heterocycles. The maximum Gasteiger partial charge on any atom is 0.265 e. The van der Waals surface area contributed by atoms with Crippen LogP contribution in [0.3, 0.4) is 0 Å². The molecule has 0 aliphatic carbocycles. The number of amides is 1. The number of nitrogens with one attached hydrogen (secondary N) is 1. The fraction of sp³-hybridized carbons (Fsp3) is 0.238. The van der Waals surface area contributed by atoms with Crippen molar-refractivity contribution in [1.29, 1.82) is 0 Å². The molecule has 6 heteroatoms. The number of nitrogens with zero attached hydrogens (tertiary/aromatic N) is 1. The molecule has 3 rings (SSSR count). The average molecular weight is 366 g/mol. The number of methoxy groups -OCH3 is 1. The monoisotopic (exact) mass is 366 g/mol. The minimum absolute atomic E-state index is 0.268. The van der Waals surface area contributed by atoms with E-state index in [1.54, 1.807) is 38.4 Å². The Labute approximate surface area is 158 Å². The zero-order chi connectivity index (χ0) is 19.2. The first-order chi connectivity index (χ1) is 13.1. The third-order valence-corrected chi connectivity index (χ3v) is 4.03. The van der Waals surface area contributed by atoms with Crippen molar-refractivity contribution in [2.24, 2.45) is 0 Å². The molecule has 3 aromatic rings. The van der Waals surface area contributed by atoms with Crippen LogP contribution in [0.5, 0.6) is 17.2 Å².